The lowest BCUT2D eigenvalue weighted by Crippen LogP contribution is -2.64. The van der Waals surface area contributed by atoms with E-state index in [0.717, 1.165) is 19.3 Å². The van der Waals surface area contributed by atoms with Crippen LogP contribution in [0.25, 0.3) is 0 Å². The number of ketones is 1. The molecule has 6 heteroatoms. The molecule has 2 bridgehead atoms. The molecule has 0 aromatic carbocycles. The van der Waals surface area contributed by atoms with Crippen molar-refractivity contribution in [3.8, 4) is 0 Å². The monoisotopic (exact) mass is 389 g/mol. The fourth-order valence-electron chi connectivity index (χ4n) is 7.05. The molecule has 4 fully saturated rings. The fourth-order valence-corrected chi connectivity index (χ4v) is 7.05. The summed E-state index contributed by atoms with van der Waals surface area (Å²) in [7, 11) is 0. The minimum absolute atomic E-state index is 0.0206. The number of esters is 1. The lowest BCUT2D eigenvalue weighted by Gasteiger charge is -2.58. The Morgan fingerprint density at radius 1 is 1.32 bits per heavy atom. The first kappa shape index (κ1) is 19.5. The summed E-state index contributed by atoms with van der Waals surface area (Å²) in [5.74, 6) is 0.00182. The molecule has 3 saturated carbocycles. The summed E-state index contributed by atoms with van der Waals surface area (Å²) < 4.78 is 11.7. The Bertz CT molecular complexity index is 734. The quantitative estimate of drug-likeness (QED) is 0.579. The Labute approximate surface area is 166 Å². The summed E-state index contributed by atoms with van der Waals surface area (Å²) in [6.07, 6.45) is 3.70. The molecule has 1 heterocycles. The largest absolute Gasteiger partial charge is 0.461 e. The molecule has 1 aliphatic heterocycles. The Balaban J connectivity index is 1.93. The van der Waals surface area contributed by atoms with Crippen molar-refractivity contribution in [2.45, 2.75) is 71.6 Å². The van der Waals surface area contributed by atoms with Gasteiger partial charge in [0.05, 0.1) is 6.04 Å². The van der Waals surface area contributed by atoms with Crippen LogP contribution < -0.4 is 5.32 Å². The highest BCUT2D eigenvalue weighted by Gasteiger charge is 2.68. The average molecular weight is 389 g/mol. The zero-order valence-corrected chi connectivity index (χ0v) is 17.2. The van der Waals surface area contributed by atoms with E-state index in [1.807, 2.05) is 6.92 Å². The van der Waals surface area contributed by atoms with E-state index in [1.54, 1.807) is 6.08 Å². The lowest BCUT2D eigenvalue weighted by atomic mass is 9.48. The standard InChI is InChI=1S/C22H31NO5/c1-6-21(5)18-17(28-20(26)23-18)15-11(2)7-9-22(10-8-14(25)16(15)22)12(3)19(21)27-13(4)24/h6,11-12,15-19H,1,7-10H2,2-5H3,(H,23,26)/t11?,12-,15+,16-,17-,18+,19-,21+,22-/m0/s1. The molecule has 3 aliphatic carbocycles. The van der Waals surface area contributed by atoms with Gasteiger partial charge in [-0.05, 0) is 30.6 Å². The van der Waals surface area contributed by atoms with Gasteiger partial charge in [-0.25, -0.2) is 4.79 Å². The van der Waals surface area contributed by atoms with Crippen molar-refractivity contribution in [2.75, 3.05) is 0 Å². The van der Waals surface area contributed by atoms with E-state index in [-0.39, 0.29) is 46.9 Å². The Morgan fingerprint density at radius 2 is 2.04 bits per heavy atom. The molecule has 0 aromatic rings. The van der Waals surface area contributed by atoms with Gasteiger partial charge in [-0.1, -0.05) is 26.8 Å². The number of Topliss-reactive ketones (excluding diaryl/α,β-unsaturated/α-hetero) is 1. The first-order chi connectivity index (χ1) is 13.2. The van der Waals surface area contributed by atoms with Gasteiger partial charge in [-0.3, -0.25) is 9.59 Å². The molecule has 1 saturated heterocycles. The number of amides is 1. The molecule has 4 rings (SSSR count). The molecule has 0 radical (unpaired) electrons. The number of hydrogen-bond acceptors (Lipinski definition) is 5. The van der Waals surface area contributed by atoms with Gasteiger partial charge in [0.1, 0.15) is 18.0 Å². The van der Waals surface area contributed by atoms with Crippen LogP contribution in [0.5, 0.6) is 0 Å². The van der Waals surface area contributed by atoms with E-state index in [1.165, 1.54) is 6.92 Å². The lowest BCUT2D eigenvalue weighted by molar-refractivity contribution is -0.181. The van der Waals surface area contributed by atoms with Crippen molar-refractivity contribution in [2.24, 2.45) is 34.5 Å². The van der Waals surface area contributed by atoms with Gasteiger partial charge < -0.3 is 14.8 Å². The van der Waals surface area contributed by atoms with Crippen LogP contribution in [-0.4, -0.2) is 36.1 Å². The predicted molar refractivity (Wildman–Crippen MR) is 102 cm³/mol. The smallest absolute Gasteiger partial charge is 0.407 e. The van der Waals surface area contributed by atoms with Gasteiger partial charge in [-0.15, -0.1) is 6.58 Å². The van der Waals surface area contributed by atoms with Gasteiger partial charge in [0.2, 0.25) is 0 Å². The number of fused-ring (bicyclic) bond motifs is 2. The molecule has 4 aliphatic rings. The molecular weight excluding hydrogens is 358 g/mol. The van der Waals surface area contributed by atoms with Gasteiger partial charge in [-0.2, -0.15) is 0 Å². The van der Waals surface area contributed by atoms with Crippen LogP contribution in [0.3, 0.4) is 0 Å². The van der Waals surface area contributed by atoms with Crippen molar-refractivity contribution < 1.29 is 23.9 Å². The molecule has 28 heavy (non-hydrogen) atoms. The number of carbonyl (C=O) groups excluding carboxylic acids is 3. The van der Waals surface area contributed by atoms with Crippen LogP contribution in [-0.2, 0) is 19.1 Å². The highest BCUT2D eigenvalue weighted by atomic mass is 16.6. The van der Waals surface area contributed by atoms with Crippen LogP contribution in [0.15, 0.2) is 12.7 Å². The Morgan fingerprint density at radius 3 is 2.68 bits per heavy atom. The second kappa shape index (κ2) is 6.33. The molecule has 1 amide bonds. The highest BCUT2D eigenvalue weighted by Crippen LogP contribution is 2.64. The topological polar surface area (TPSA) is 81.7 Å². The van der Waals surface area contributed by atoms with Crippen LogP contribution >= 0.6 is 0 Å². The summed E-state index contributed by atoms with van der Waals surface area (Å²) in [6, 6.07) is -0.388. The first-order valence-corrected chi connectivity index (χ1v) is 10.5. The van der Waals surface area contributed by atoms with Crippen LogP contribution in [0.2, 0.25) is 0 Å². The third-order valence-corrected chi connectivity index (χ3v) is 8.51. The SMILES string of the molecule is C=C[C@]1(C)[C@@H]2NC(=O)O[C@H]2[C@@H]2C(C)CC[C@]3(CCC(=O)[C@@H]23)[C@@H](C)[C@@H]1OC(C)=O. The molecule has 1 unspecified atom stereocenters. The van der Waals surface area contributed by atoms with Crippen LogP contribution in [0.1, 0.15) is 53.4 Å². The maximum Gasteiger partial charge on any atom is 0.407 e. The Hall–Kier alpha value is -1.85. The third-order valence-electron chi connectivity index (χ3n) is 8.51. The maximum absolute atomic E-state index is 13.1. The highest BCUT2D eigenvalue weighted by molar-refractivity contribution is 5.85. The van der Waals surface area contributed by atoms with Crippen molar-refractivity contribution in [1.82, 2.24) is 5.32 Å². The molecule has 6 nitrogen and oxygen atoms in total. The number of carbonyl (C=O) groups is 3. The second-order valence-electron chi connectivity index (χ2n) is 9.65. The minimum atomic E-state index is -0.694. The average Bonchev–Trinajstić information content (AvgIpc) is 3.20. The number of nitrogens with one attached hydrogen (secondary N) is 1. The summed E-state index contributed by atoms with van der Waals surface area (Å²) in [4.78, 5) is 37.5. The second-order valence-corrected chi connectivity index (χ2v) is 9.65. The van der Waals surface area contributed by atoms with E-state index in [9.17, 15) is 14.4 Å². The van der Waals surface area contributed by atoms with Crippen LogP contribution in [0.4, 0.5) is 4.79 Å². The van der Waals surface area contributed by atoms with E-state index in [2.05, 4.69) is 25.7 Å². The number of ether oxygens (including phenoxy) is 2. The van der Waals surface area contributed by atoms with Gasteiger partial charge >= 0.3 is 12.1 Å². The van der Waals surface area contributed by atoms with E-state index in [4.69, 9.17) is 9.47 Å². The normalized spacial score (nSPS) is 49.8. The zero-order valence-electron chi connectivity index (χ0n) is 17.2. The zero-order chi connectivity index (χ0) is 20.4. The van der Waals surface area contributed by atoms with Crippen molar-refractivity contribution in [3.05, 3.63) is 12.7 Å². The van der Waals surface area contributed by atoms with Crippen LogP contribution in [0, 0.1) is 34.5 Å². The molecule has 0 spiro atoms. The van der Waals surface area contributed by atoms with Gasteiger partial charge in [0.15, 0.2) is 0 Å². The van der Waals surface area contributed by atoms with E-state index >= 15 is 0 Å². The maximum atomic E-state index is 13.1. The molecule has 1 N–H and O–H groups in total. The van der Waals surface area contributed by atoms with E-state index in [0.29, 0.717) is 6.42 Å². The van der Waals surface area contributed by atoms with Gasteiger partial charge in [0.25, 0.3) is 0 Å². The molecule has 0 aromatic heterocycles. The van der Waals surface area contributed by atoms with Gasteiger partial charge in [0, 0.05) is 36.5 Å². The van der Waals surface area contributed by atoms with Crippen molar-refractivity contribution in [3.63, 3.8) is 0 Å². The summed E-state index contributed by atoms with van der Waals surface area (Å²) in [5.41, 5.74) is -0.917. The number of hydrogen-bond donors (Lipinski definition) is 1. The molecule has 9 atom stereocenters. The number of alkyl carbamates (subject to hydrolysis) is 1. The molecule has 154 valence electrons. The summed E-state index contributed by atoms with van der Waals surface area (Å²) in [6.45, 7) is 11.7. The predicted octanol–water partition coefficient (Wildman–Crippen LogP) is 3.25. The fraction of sp³-hybridized carbons (Fsp3) is 0.773. The summed E-state index contributed by atoms with van der Waals surface area (Å²) >= 11 is 0. The van der Waals surface area contributed by atoms with Crippen molar-refractivity contribution >= 4 is 17.8 Å². The minimum Gasteiger partial charge on any atom is -0.461 e. The Kier molecular flexibility index (Phi) is 4.40. The summed E-state index contributed by atoms with van der Waals surface area (Å²) in [5, 5.41) is 2.97. The van der Waals surface area contributed by atoms with Crippen molar-refractivity contribution in [1.29, 1.82) is 0 Å². The van der Waals surface area contributed by atoms with E-state index < -0.39 is 23.7 Å². The third kappa shape index (κ3) is 2.42. The molecular formula is C22H31NO5. The number of rotatable bonds is 2. The first-order valence-electron chi connectivity index (χ1n) is 10.5.